The lowest BCUT2D eigenvalue weighted by atomic mass is 9.99. The minimum Gasteiger partial charge on any atom is -0.507 e. The summed E-state index contributed by atoms with van der Waals surface area (Å²) in [5.41, 5.74) is 0.771. The van der Waals surface area contributed by atoms with Crippen molar-refractivity contribution in [2.45, 2.75) is 24.4 Å². The van der Waals surface area contributed by atoms with Crippen molar-refractivity contribution in [3.05, 3.63) is 89.1 Å². The average Bonchev–Trinajstić information content (AvgIpc) is 3.35. The van der Waals surface area contributed by atoms with E-state index in [0.717, 1.165) is 4.31 Å². The van der Waals surface area contributed by atoms with Crippen LogP contribution >= 0.6 is 0 Å². The van der Waals surface area contributed by atoms with Crippen LogP contribution in [0.2, 0.25) is 0 Å². The molecule has 1 aliphatic heterocycles. The van der Waals surface area contributed by atoms with Crippen LogP contribution in [0, 0.1) is 6.92 Å². The Bertz CT molecular complexity index is 1380. The summed E-state index contributed by atoms with van der Waals surface area (Å²) >= 11 is 0. The molecule has 176 valence electrons. The van der Waals surface area contributed by atoms with E-state index in [1.165, 1.54) is 43.3 Å². The van der Waals surface area contributed by atoms with Crippen molar-refractivity contribution in [2.24, 2.45) is 0 Å². The average molecular weight is 482 g/mol. The highest BCUT2D eigenvalue weighted by atomic mass is 32.2. The monoisotopic (exact) mass is 481 g/mol. The molecule has 10 heteroatoms. The topological polar surface area (TPSA) is 121 Å². The van der Waals surface area contributed by atoms with E-state index in [-0.39, 0.29) is 22.6 Å². The Balaban J connectivity index is 1.81. The second-order valence-electron chi connectivity index (χ2n) is 8.05. The molecule has 1 N–H and O–H groups in total. The lowest BCUT2D eigenvalue weighted by Gasteiger charge is -2.23. The molecular weight excluding hydrogens is 458 g/mol. The minimum absolute atomic E-state index is 0.0317. The summed E-state index contributed by atoms with van der Waals surface area (Å²) in [5.74, 6) is -1.14. The van der Waals surface area contributed by atoms with Crippen molar-refractivity contribution in [3.63, 3.8) is 0 Å². The second kappa shape index (κ2) is 8.88. The number of hydrogen-bond acceptors (Lipinski definition) is 7. The van der Waals surface area contributed by atoms with Crippen molar-refractivity contribution >= 4 is 27.5 Å². The largest absolute Gasteiger partial charge is 0.507 e. The number of furan rings is 1. The van der Waals surface area contributed by atoms with Gasteiger partial charge in [-0.15, -0.1) is 0 Å². The first kappa shape index (κ1) is 23.4. The van der Waals surface area contributed by atoms with E-state index in [9.17, 15) is 23.1 Å². The third-order valence-corrected chi connectivity index (χ3v) is 7.38. The smallest absolute Gasteiger partial charge is 0.296 e. The molecule has 0 bridgehead atoms. The van der Waals surface area contributed by atoms with Crippen molar-refractivity contribution in [2.75, 3.05) is 14.1 Å². The number of rotatable bonds is 6. The Morgan fingerprint density at radius 3 is 2.38 bits per heavy atom. The first-order valence-corrected chi connectivity index (χ1v) is 11.8. The molecule has 1 saturated heterocycles. The van der Waals surface area contributed by atoms with Gasteiger partial charge in [-0.25, -0.2) is 12.7 Å². The van der Waals surface area contributed by atoms with E-state index in [4.69, 9.17) is 4.42 Å². The third-order valence-electron chi connectivity index (χ3n) is 5.55. The molecule has 1 aliphatic rings. The van der Waals surface area contributed by atoms with Gasteiger partial charge in [0.15, 0.2) is 0 Å². The van der Waals surface area contributed by atoms with Crippen LogP contribution in [0.1, 0.15) is 28.7 Å². The molecule has 1 amide bonds. The van der Waals surface area contributed by atoms with Crippen LogP contribution in [0.5, 0.6) is 0 Å². The van der Waals surface area contributed by atoms with Gasteiger partial charge < -0.3 is 14.4 Å². The maximum Gasteiger partial charge on any atom is 0.296 e. The molecule has 3 aromatic rings. The van der Waals surface area contributed by atoms with Gasteiger partial charge in [-0.2, -0.15) is 0 Å². The van der Waals surface area contributed by atoms with Gasteiger partial charge in [0.1, 0.15) is 23.3 Å². The van der Waals surface area contributed by atoms with E-state index in [1.54, 1.807) is 43.6 Å². The SMILES string of the molecule is Cc1ccc([C@@H]2C(=C(O)c3ccc(S(=O)(=O)N(C)C)cc3)C(=O)C(=O)N2Cc2cccnc2)o1. The van der Waals surface area contributed by atoms with Crippen LogP contribution in [-0.2, 0) is 26.2 Å². The van der Waals surface area contributed by atoms with E-state index in [2.05, 4.69) is 4.98 Å². The third kappa shape index (κ3) is 4.13. The number of pyridine rings is 1. The van der Waals surface area contributed by atoms with Gasteiger partial charge in [-0.1, -0.05) is 6.07 Å². The summed E-state index contributed by atoms with van der Waals surface area (Å²) < 4.78 is 31.5. The van der Waals surface area contributed by atoms with E-state index in [1.807, 2.05) is 0 Å². The fourth-order valence-electron chi connectivity index (χ4n) is 3.78. The van der Waals surface area contributed by atoms with Crippen LogP contribution in [0.25, 0.3) is 5.76 Å². The summed E-state index contributed by atoms with van der Waals surface area (Å²) in [4.78, 5) is 31.5. The van der Waals surface area contributed by atoms with Crippen LogP contribution in [0.3, 0.4) is 0 Å². The predicted molar refractivity (Wildman–Crippen MR) is 123 cm³/mol. The quantitative estimate of drug-likeness (QED) is 0.326. The molecule has 34 heavy (non-hydrogen) atoms. The zero-order valence-electron chi connectivity index (χ0n) is 18.8. The molecule has 0 spiro atoms. The number of aromatic nitrogens is 1. The lowest BCUT2D eigenvalue weighted by Crippen LogP contribution is -2.29. The summed E-state index contributed by atoms with van der Waals surface area (Å²) in [6.45, 7) is 1.82. The van der Waals surface area contributed by atoms with E-state index < -0.39 is 33.5 Å². The van der Waals surface area contributed by atoms with Gasteiger partial charge in [-0.05, 0) is 55.0 Å². The van der Waals surface area contributed by atoms with Crippen LogP contribution < -0.4 is 0 Å². The summed E-state index contributed by atoms with van der Waals surface area (Å²) in [6.07, 6.45) is 3.19. The summed E-state index contributed by atoms with van der Waals surface area (Å²) in [7, 11) is -0.837. The number of aryl methyl sites for hydroxylation is 1. The fraction of sp³-hybridized carbons (Fsp3) is 0.208. The Labute approximate surface area is 197 Å². The van der Waals surface area contributed by atoms with Gasteiger partial charge in [0.2, 0.25) is 10.0 Å². The first-order chi connectivity index (χ1) is 16.1. The number of carbonyl (C=O) groups excluding carboxylic acids is 2. The number of likely N-dealkylation sites (tertiary alicyclic amines) is 1. The van der Waals surface area contributed by atoms with Gasteiger partial charge in [0.05, 0.1) is 10.5 Å². The maximum absolute atomic E-state index is 13.1. The number of hydrogen-bond donors (Lipinski definition) is 1. The first-order valence-electron chi connectivity index (χ1n) is 10.4. The molecule has 1 atom stereocenters. The van der Waals surface area contributed by atoms with E-state index >= 15 is 0 Å². The van der Waals surface area contributed by atoms with Crippen LogP contribution in [0.15, 0.2) is 75.8 Å². The molecule has 4 rings (SSSR count). The lowest BCUT2D eigenvalue weighted by molar-refractivity contribution is -0.140. The molecule has 1 fully saturated rings. The second-order valence-corrected chi connectivity index (χ2v) is 10.2. The summed E-state index contributed by atoms with van der Waals surface area (Å²) in [6, 6.07) is 11.4. The number of sulfonamides is 1. The van der Waals surface area contributed by atoms with Gasteiger partial charge in [0.25, 0.3) is 11.7 Å². The fourth-order valence-corrected chi connectivity index (χ4v) is 4.68. The van der Waals surface area contributed by atoms with Crippen molar-refractivity contribution < 1.29 is 27.5 Å². The molecule has 0 saturated carbocycles. The van der Waals surface area contributed by atoms with Crippen molar-refractivity contribution in [1.82, 2.24) is 14.2 Å². The number of Topliss-reactive ketones (excluding diaryl/α,β-unsaturated/α-hetero) is 1. The highest BCUT2D eigenvalue weighted by Crippen LogP contribution is 2.40. The molecule has 0 unspecified atom stereocenters. The van der Waals surface area contributed by atoms with E-state index in [0.29, 0.717) is 17.1 Å². The number of nitrogens with zero attached hydrogens (tertiary/aromatic N) is 3. The Morgan fingerprint density at radius 2 is 1.82 bits per heavy atom. The van der Waals surface area contributed by atoms with Gasteiger partial charge in [0, 0.05) is 38.6 Å². The normalized spacial score (nSPS) is 18.1. The molecule has 9 nitrogen and oxygen atoms in total. The standard InChI is InChI=1S/C24H23N3O6S/c1-15-6-11-19(33-15)21-20(23(29)24(30)27(21)14-16-5-4-12-25-13-16)22(28)17-7-9-18(10-8-17)34(31,32)26(2)3/h4-13,21,28H,14H2,1-3H3/t21-/m1/s1. The Morgan fingerprint density at radius 1 is 1.12 bits per heavy atom. The number of benzene rings is 1. The minimum atomic E-state index is -3.67. The zero-order valence-corrected chi connectivity index (χ0v) is 19.6. The zero-order chi connectivity index (χ0) is 24.6. The molecule has 2 aromatic heterocycles. The molecular formula is C24H23N3O6S. The maximum atomic E-state index is 13.1. The molecule has 0 radical (unpaired) electrons. The highest BCUT2D eigenvalue weighted by Gasteiger charge is 2.47. The number of aliphatic hydroxyl groups is 1. The molecule has 0 aliphatic carbocycles. The predicted octanol–water partition coefficient (Wildman–Crippen LogP) is 2.86. The number of ketones is 1. The number of amides is 1. The Kier molecular flexibility index (Phi) is 6.11. The highest BCUT2D eigenvalue weighted by molar-refractivity contribution is 7.89. The summed E-state index contributed by atoms with van der Waals surface area (Å²) in [5, 5.41) is 11.1. The van der Waals surface area contributed by atoms with Gasteiger partial charge >= 0.3 is 0 Å². The molecule has 1 aromatic carbocycles. The Hall–Kier alpha value is -3.76. The number of carbonyl (C=O) groups is 2. The van der Waals surface area contributed by atoms with Crippen LogP contribution in [0.4, 0.5) is 0 Å². The number of aliphatic hydroxyl groups excluding tert-OH is 1. The van der Waals surface area contributed by atoms with Crippen molar-refractivity contribution in [1.29, 1.82) is 0 Å². The van der Waals surface area contributed by atoms with Crippen molar-refractivity contribution in [3.8, 4) is 0 Å². The van der Waals surface area contributed by atoms with Gasteiger partial charge in [-0.3, -0.25) is 14.6 Å². The molecule has 3 heterocycles. The van der Waals surface area contributed by atoms with Crippen LogP contribution in [-0.4, -0.2) is 53.5 Å².